The van der Waals surface area contributed by atoms with Gasteiger partial charge in [-0.2, -0.15) is 0 Å². The van der Waals surface area contributed by atoms with Gasteiger partial charge in [-0.3, -0.25) is 9.69 Å². The van der Waals surface area contributed by atoms with E-state index in [1.165, 1.54) is 19.3 Å². The largest absolute Gasteiger partial charge is 0.292 e. The van der Waals surface area contributed by atoms with Crippen LogP contribution in [0.15, 0.2) is 30.3 Å². The highest BCUT2D eigenvalue weighted by molar-refractivity contribution is 6.02. The maximum Gasteiger partial charge on any atom is 0.182 e. The van der Waals surface area contributed by atoms with Gasteiger partial charge in [-0.25, -0.2) is 0 Å². The third-order valence-electron chi connectivity index (χ3n) is 3.74. The third kappa shape index (κ3) is 2.58. The Hall–Kier alpha value is -1.15. The maximum absolute atomic E-state index is 12.5. The van der Waals surface area contributed by atoms with Crippen LogP contribution < -0.4 is 0 Å². The van der Waals surface area contributed by atoms with E-state index in [-0.39, 0.29) is 12.7 Å². The van der Waals surface area contributed by atoms with Crippen molar-refractivity contribution in [1.82, 2.24) is 4.90 Å². The number of benzene rings is 1. The number of Topliss-reactive ketones (excluding diaryl/α,β-unsaturated/α-hetero) is 1. The molecule has 0 aliphatic carbocycles. The van der Waals surface area contributed by atoms with Crippen LogP contribution in [0, 0.1) is 0 Å². The average Bonchev–Trinajstić information content (AvgIpc) is 2.40. The standard InChI is InChI=1S/C15H21NO.H2/c1-15(2,16-11-7-4-8-12-16)14(17)13-9-5-3-6-10-13;/h3,5-6,9-10H,4,7-8,11-12H2,1-2H3;1H. The molecule has 0 bridgehead atoms. The zero-order valence-corrected chi connectivity index (χ0v) is 10.8. The van der Waals surface area contributed by atoms with E-state index in [1.807, 2.05) is 44.2 Å². The fraction of sp³-hybridized carbons (Fsp3) is 0.533. The molecule has 0 N–H and O–H groups in total. The quantitative estimate of drug-likeness (QED) is 0.746. The molecule has 0 radical (unpaired) electrons. The Labute approximate surface area is 105 Å². The summed E-state index contributed by atoms with van der Waals surface area (Å²) in [5, 5.41) is 0. The van der Waals surface area contributed by atoms with E-state index in [4.69, 9.17) is 0 Å². The zero-order valence-electron chi connectivity index (χ0n) is 10.8. The van der Waals surface area contributed by atoms with Crippen molar-refractivity contribution in [2.45, 2.75) is 38.6 Å². The van der Waals surface area contributed by atoms with Crippen LogP contribution >= 0.6 is 0 Å². The minimum absolute atomic E-state index is 0. The number of carbonyl (C=O) groups is 1. The average molecular weight is 233 g/mol. The molecule has 0 aromatic heterocycles. The molecule has 2 heteroatoms. The Kier molecular flexibility index (Phi) is 3.63. The lowest BCUT2D eigenvalue weighted by Crippen LogP contribution is -2.52. The van der Waals surface area contributed by atoms with Gasteiger partial charge in [-0.15, -0.1) is 0 Å². The van der Waals surface area contributed by atoms with Crippen molar-refractivity contribution in [3.05, 3.63) is 35.9 Å². The fourth-order valence-electron chi connectivity index (χ4n) is 2.54. The molecule has 1 aliphatic heterocycles. The summed E-state index contributed by atoms with van der Waals surface area (Å²) in [6, 6.07) is 9.63. The van der Waals surface area contributed by atoms with E-state index < -0.39 is 0 Å². The molecule has 1 fully saturated rings. The molecular weight excluding hydrogens is 210 g/mol. The Bertz CT molecular complexity index is 383. The van der Waals surface area contributed by atoms with Crippen LogP contribution in [0.1, 0.15) is 44.9 Å². The topological polar surface area (TPSA) is 20.3 Å². The van der Waals surface area contributed by atoms with Gasteiger partial charge in [-0.05, 0) is 39.8 Å². The summed E-state index contributed by atoms with van der Waals surface area (Å²) in [5.41, 5.74) is 0.449. The van der Waals surface area contributed by atoms with Crippen LogP contribution in [-0.2, 0) is 0 Å². The van der Waals surface area contributed by atoms with Gasteiger partial charge in [0.1, 0.15) is 0 Å². The van der Waals surface area contributed by atoms with Crippen molar-refractivity contribution in [3.63, 3.8) is 0 Å². The number of carbonyl (C=O) groups excluding carboxylic acids is 1. The van der Waals surface area contributed by atoms with Gasteiger partial charge >= 0.3 is 0 Å². The highest BCUT2D eigenvalue weighted by Crippen LogP contribution is 2.24. The summed E-state index contributed by atoms with van der Waals surface area (Å²) >= 11 is 0. The summed E-state index contributed by atoms with van der Waals surface area (Å²) in [6.45, 7) is 6.19. The number of likely N-dealkylation sites (tertiary alicyclic amines) is 1. The van der Waals surface area contributed by atoms with Crippen LogP contribution in [0.2, 0.25) is 0 Å². The highest BCUT2D eigenvalue weighted by atomic mass is 16.1. The van der Waals surface area contributed by atoms with Crippen molar-refractivity contribution < 1.29 is 6.22 Å². The fourth-order valence-corrected chi connectivity index (χ4v) is 2.54. The number of hydrogen-bond acceptors (Lipinski definition) is 2. The molecule has 0 atom stereocenters. The second-order valence-corrected chi connectivity index (χ2v) is 5.30. The SMILES string of the molecule is CC(C)(C(=O)c1ccccc1)N1CCCCC1.[HH]. The number of piperidine rings is 1. The first-order valence-corrected chi connectivity index (χ1v) is 6.47. The van der Waals surface area contributed by atoms with Crippen LogP contribution in [0.4, 0.5) is 0 Å². The van der Waals surface area contributed by atoms with Crippen molar-refractivity contribution in [2.75, 3.05) is 13.1 Å². The molecule has 1 aromatic rings. The molecule has 0 amide bonds. The van der Waals surface area contributed by atoms with E-state index in [1.54, 1.807) is 0 Å². The predicted octanol–water partition coefficient (Wildman–Crippen LogP) is 3.38. The second-order valence-electron chi connectivity index (χ2n) is 5.30. The minimum Gasteiger partial charge on any atom is -0.292 e. The molecule has 94 valence electrons. The van der Waals surface area contributed by atoms with E-state index >= 15 is 0 Å². The molecule has 0 saturated carbocycles. The van der Waals surface area contributed by atoms with Gasteiger partial charge < -0.3 is 0 Å². The van der Waals surface area contributed by atoms with Crippen LogP contribution in [0.3, 0.4) is 0 Å². The van der Waals surface area contributed by atoms with Crippen LogP contribution in [0.25, 0.3) is 0 Å². The lowest BCUT2D eigenvalue weighted by Gasteiger charge is -2.39. The van der Waals surface area contributed by atoms with Gasteiger partial charge in [0, 0.05) is 6.99 Å². The summed E-state index contributed by atoms with van der Waals surface area (Å²) in [7, 11) is 0. The van der Waals surface area contributed by atoms with Crippen molar-refractivity contribution in [1.29, 1.82) is 0 Å². The van der Waals surface area contributed by atoms with Gasteiger partial charge in [0.2, 0.25) is 0 Å². The summed E-state index contributed by atoms with van der Waals surface area (Å²) < 4.78 is 0. The predicted molar refractivity (Wildman–Crippen MR) is 72.4 cm³/mol. The Balaban J connectivity index is 0.00000162. The summed E-state index contributed by atoms with van der Waals surface area (Å²) in [6.07, 6.45) is 3.73. The number of nitrogens with zero attached hydrogens (tertiary/aromatic N) is 1. The van der Waals surface area contributed by atoms with Gasteiger partial charge in [0.15, 0.2) is 5.78 Å². The summed E-state index contributed by atoms with van der Waals surface area (Å²) in [4.78, 5) is 14.8. The molecule has 17 heavy (non-hydrogen) atoms. The molecule has 1 aromatic carbocycles. The molecule has 2 rings (SSSR count). The van der Waals surface area contributed by atoms with Crippen molar-refractivity contribution in [3.8, 4) is 0 Å². The van der Waals surface area contributed by atoms with E-state index in [0.29, 0.717) is 0 Å². The van der Waals surface area contributed by atoms with Gasteiger partial charge in [0.05, 0.1) is 5.54 Å². The molecule has 2 nitrogen and oxygen atoms in total. The maximum atomic E-state index is 12.5. The first-order valence-electron chi connectivity index (χ1n) is 6.47. The molecule has 1 heterocycles. The molecule has 1 aliphatic rings. The first-order chi connectivity index (χ1) is 8.12. The second kappa shape index (κ2) is 5.01. The monoisotopic (exact) mass is 233 g/mol. The Morgan fingerprint density at radius 2 is 1.71 bits per heavy atom. The van der Waals surface area contributed by atoms with Crippen molar-refractivity contribution >= 4 is 5.78 Å². The van der Waals surface area contributed by atoms with Crippen molar-refractivity contribution in [2.24, 2.45) is 0 Å². The minimum atomic E-state index is -0.373. The number of rotatable bonds is 3. The smallest absolute Gasteiger partial charge is 0.182 e. The molecular formula is C15H23NO. The number of ketones is 1. The number of hydrogen-bond donors (Lipinski definition) is 0. The lowest BCUT2D eigenvalue weighted by molar-refractivity contribution is 0.0579. The Morgan fingerprint density at radius 1 is 1.12 bits per heavy atom. The zero-order chi connectivity index (χ0) is 12.3. The normalized spacial score (nSPS) is 18.0. The Morgan fingerprint density at radius 3 is 2.29 bits per heavy atom. The molecule has 0 spiro atoms. The van der Waals surface area contributed by atoms with E-state index in [9.17, 15) is 4.79 Å². The van der Waals surface area contributed by atoms with Crippen LogP contribution in [0.5, 0.6) is 0 Å². The lowest BCUT2D eigenvalue weighted by atomic mass is 9.89. The highest BCUT2D eigenvalue weighted by Gasteiger charge is 2.35. The third-order valence-corrected chi connectivity index (χ3v) is 3.74. The first kappa shape index (κ1) is 12.3. The molecule has 0 unspecified atom stereocenters. The van der Waals surface area contributed by atoms with E-state index in [2.05, 4.69) is 4.90 Å². The van der Waals surface area contributed by atoms with Gasteiger partial charge in [0.25, 0.3) is 0 Å². The van der Waals surface area contributed by atoms with Gasteiger partial charge in [-0.1, -0.05) is 36.8 Å². The van der Waals surface area contributed by atoms with E-state index in [0.717, 1.165) is 18.7 Å². The molecule has 1 saturated heterocycles. The van der Waals surface area contributed by atoms with Crippen LogP contribution in [-0.4, -0.2) is 29.3 Å². The summed E-state index contributed by atoms with van der Waals surface area (Å²) in [5.74, 6) is 0.236.